The van der Waals surface area contributed by atoms with Crippen molar-refractivity contribution >= 4 is 5.82 Å². The largest absolute Gasteiger partial charge is 0.385 e. The summed E-state index contributed by atoms with van der Waals surface area (Å²) in [6.45, 7) is 4.09. The summed E-state index contributed by atoms with van der Waals surface area (Å²) in [5.74, 6) is 1.03. The van der Waals surface area contributed by atoms with Crippen LogP contribution in [0.1, 0.15) is 12.0 Å². The zero-order valence-electron chi connectivity index (χ0n) is 12.2. The van der Waals surface area contributed by atoms with Crippen LogP contribution >= 0.6 is 0 Å². The maximum Gasteiger partial charge on any atom is 0.132 e. The van der Waals surface area contributed by atoms with Crippen LogP contribution in [0.15, 0.2) is 18.3 Å². The monoisotopic (exact) mass is 267 g/mol. The summed E-state index contributed by atoms with van der Waals surface area (Å²) >= 11 is 0. The Morgan fingerprint density at radius 3 is 2.79 bits per heavy atom. The van der Waals surface area contributed by atoms with Gasteiger partial charge in [0.05, 0.1) is 6.61 Å². The second-order valence-electron chi connectivity index (χ2n) is 4.42. The summed E-state index contributed by atoms with van der Waals surface area (Å²) in [4.78, 5) is 6.64. The maximum absolute atomic E-state index is 5.08. The van der Waals surface area contributed by atoms with E-state index in [0.29, 0.717) is 0 Å². The van der Waals surface area contributed by atoms with Crippen molar-refractivity contribution in [1.29, 1.82) is 0 Å². The molecule has 0 radical (unpaired) electrons. The molecule has 5 heteroatoms. The van der Waals surface area contributed by atoms with Gasteiger partial charge in [-0.25, -0.2) is 4.98 Å². The van der Waals surface area contributed by atoms with E-state index in [0.717, 1.165) is 45.1 Å². The number of nitrogens with zero attached hydrogens (tertiary/aromatic N) is 2. The summed E-state index contributed by atoms with van der Waals surface area (Å²) in [5, 5.41) is 3.35. The number of pyridine rings is 1. The van der Waals surface area contributed by atoms with Crippen molar-refractivity contribution in [3.05, 3.63) is 23.9 Å². The molecule has 0 fully saturated rings. The molecule has 0 aromatic carbocycles. The first-order valence-electron chi connectivity index (χ1n) is 6.63. The third kappa shape index (κ3) is 6.00. The fraction of sp³-hybridized carbons (Fsp3) is 0.643. The minimum absolute atomic E-state index is 0.722. The number of rotatable bonds is 10. The van der Waals surface area contributed by atoms with Crippen molar-refractivity contribution < 1.29 is 9.47 Å². The molecule has 0 spiro atoms. The molecule has 19 heavy (non-hydrogen) atoms. The third-order valence-corrected chi connectivity index (χ3v) is 2.87. The van der Waals surface area contributed by atoms with E-state index in [1.54, 1.807) is 14.2 Å². The molecule has 0 aliphatic heterocycles. The Morgan fingerprint density at radius 1 is 1.26 bits per heavy atom. The highest BCUT2D eigenvalue weighted by atomic mass is 16.5. The van der Waals surface area contributed by atoms with E-state index in [9.17, 15) is 0 Å². The Bertz CT molecular complexity index is 347. The van der Waals surface area contributed by atoms with Gasteiger partial charge in [-0.05, 0) is 12.5 Å². The lowest BCUT2D eigenvalue weighted by Crippen LogP contribution is -2.25. The van der Waals surface area contributed by atoms with E-state index in [-0.39, 0.29) is 0 Å². The fourth-order valence-corrected chi connectivity index (χ4v) is 1.86. The lowest BCUT2D eigenvalue weighted by molar-refractivity contribution is 0.196. The van der Waals surface area contributed by atoms with Gasteiger partial charge >= 0.3 is 0 Å². The zero-order valence-corrected chi connectivity index (χ0v) is 12.2. The highest BCUT2D eigenvalue weighted by Crippen LogP contribution is 2.15. The van der Waals surface area contributed by atoms with Crippen LogP contribution in [0.5, 0.6) is 0 Å². The van der Waals surface area contributed by atoms with Gasteiger partial charge in [-0.2, -0.15) is 0 Å². The van der Waals surface area contributed by atoms with Gasteiger partial charge in [0.1, 0.15) is 5.82 Å². The van der Waals surface area contributed by atoms with Crippen LogP contribution in [-0.2, 0) is 16.0 Å². The maximum atomic E-state index is 5.08. The van der Waals surface area contributed by atoms with Gasteiger partial charge < -0.3 is 19.7 Å². The smallest absolute Gasteiger partial charge is 0.132 e. The van der Waals surface area contributed by atoms with Gasteiger partial charge in [-0.15, -0.1) is 0 Å². The third-order valence-electron chi connectivity index (χ3n) is 2.87. The van der Waals surface area contributed by atoms with Crippen LogP contribution in [0.4, 0.5) is 5.82 Å². The minimum Gasteiger partial charge on any atom is -0.385 e. The van der Waals surface area contributed by atoms with Gasteiger partial charge in [0.2, 0.25) is 0 Å². The Balaban J connectivity index is 2.51. The zero-order chi connectivity index (χ0) is 13.9. The molecule has 0 saturated heterocycles. The van der Waals surface area contributed by atoms with Crippen LogP contribution in [0.2, 0.25) is 0 Å². The minimum atomic E-state index is 0.722. The molecule has 1 N–H and O–H groups in total. The molecule has 1 aromatic rings. The predicted octanol–water partition coefficient (Wildman–Crippen LogP) is 1.29. The lowest BCUT2D eigenvalue weighted by Gasteiger charge is -2.21. The van der Waals surface area contributed by atoms with Gasteiger partial charge in [0, 0.05) is 59.3 Å². The Morgan fingerprint density at radius 2 is 2.05 bits per heavy atom. The molecule has 5 nitrogen and oxygen atoms in total. The first-order chi connectivity index (χ1) is 9.29. The summed E-state index contributed by atoms with van der Waals surface area (Å²) in [6, 6.07) is 4.08. The van der Waals surface area contributed by atoms with Crippen LogP contribution in [0.3, 0.4) is 0 Å². The van der Waals surface area contributed by atoms with Crippen LogP contribution in [0.25, 0.3) is 0 Å². The van der Waals surface area contributed by atoms with Crippen molar-refractivity contribution in [3.8, 4) is 0 Å². The molecule has 0 aliphatic rings. The number of hydrogen-bond donors (Lipinski definition) is 1. The average molecular weight is 267 g/mol. The van der Waals surface area contributed by atoms with Crippen molar-refractivity contribution in [2.24, 2.45) is 0 Å². The molecule has 1 heterocycles. The van der Waals surface area contributed by atoms with E-state index in [1.165, 1.54) is 5.56 Å². The molecule has 0 amide bonds. The van der Waals surface area contributed by atoms with Crippen molar-refractivity contribution in [3.63, 3.8) is 0 Å². The first kappa shape index (κ1) is 15.9. The van der Waals surface area contributed by atoms with E-state index in [4.69, 9.17) is 9.47 Å². The second kappa shape index (κ2) is 9.72. The number of methoxy groups -OCH3 is 2. The summed E-state index contributed by atoms with van der Waals surface area (Å²) in [5.41, 5.74) is 1.21. The number of hydrogen-bond acceptors (Lipinski definition) is 5. The standard InChI is InChI=1S/C14H25N3O2/c1-17(9-5-10-18-2)14-13(6-4-7-16-14)12-15-8-11-19-3/h4,6-7,15H,5,8-12H2,1-3H3. The molecular formula is C14H25N3O2. The molecular weight excluding hydrogens is 242 g/mol. The molecule has 1 aromatic heterocycles. The number of anilines is 1. The highest BCUT2D eigenvalue weighted by Gasteiger charge is 2.07. The predicted molar refractivity (Wildman–Crippen MR) is 77.6 cm³/mol. The van der Waals surface area contributed by atoms with Gasteiger partial charge in [0.25, 0.3) is 0 Å². The van der Waals surface area contributed by atoms with E-state index < -0.39 is 0 Å². The van der Waals surface area contributed by atoms with Crippen LogP contribution < -0.4 is 10.2 Å². The van der Waals surface area contributed by atoms with Gasteiger partial charge in [-0.1, -0.05) is 6.07 Å². The fourth-order valence-electron chi connectivity index (χ4n) is 1.86. The lowest BCUT2D eigenvalue weighted by atomic mass is 10.2. The highest BCUT2D eigenvalue weighted by molar-refractivity contribution is 5.45. The molecule has 0 unspecified atom stereocenters. The topological polar surface area (TPSA) is 46.6 Å². The SMILES string of the molecule is COCCCN(C)c1ncccc1CNCCOC. The van der Waals surface area contributed by atoms with E-state index >= 15 is 0 Å². The number of ether oxygens (including phenoxy) is 2. The quantitative estimate of drug-likeness (QED) is 0.647. The summed E-state index contributed by atoms with van der Waals surface area (Å²) < 4.78 is 10.1. The molecule has 0 atom stereocenters. The Kier molecular flexibility index (Phi) is 8.13. The average Bonchev–Trinajstić information content (AvgIpc) is 2.44. The Labute approximate surface area is 115 Å². The van der Waals surface area contributed by atoms with Crippen molar-refractivity contribution in [1.82, 2.24) is 10.3 Å². The van der Waals surface area contributed by atoms with Crippen LogP contribution in [-0.4, -0.2) is 52.6 Å². The normalized spacial score (nSPS) is 10.7. The molecule has 1 rings (SSSR count). The van der Waals surface area contributed by atoms with E-state index in [1.807, 2.05) is 12.3 Å². The van der Waals surface area contributed by atoms with Crippen molar-refractivity contribution in [2.45, 2.75) is 13.0 Å². The summed E-state index contributed by atoms with van der Waals surface area (Å²) in [6.07, 6.45) is 2.83. The van der Waals surface area contributed by atoms with Gasteiger partial charge in [0.15, 0.2) is 0 Å². The van der Waals surface area contributed by atoms with Crippen LogP contribution in [0, 0.1) is 0 Å². The number of nitrogens with one attached hydrogen (secondary N) is 1. The number of aromatic nitrogens is 1. The summed E-state index contributed by atoms with van der Waals surface area (Å²) in [7, 11) is 5.50. The molecule has 0 bridgehead atoms. The first-order valence-corrected chi connectivity index (χ1v) is 6.63. The van der Waals surface area contributed by atoms with E-state index in [2.05, 4.69) is 28.3 Å². The Hall–Kier alpha value is -1.17. The van der Waals surface area contributed by atoms with Crippen molar-refractivity contribution in [2.75, 3.05) is 52.5 Å². The molecule has 0 aliphatic carbocycles. The second-order valence-corrected chi connectivity index (χ2v) is 4.42. The van der Waals surface area contributed by atoms with Gasteiger partial charge in [-0.3, -0.25) is 0 Å². The molecule has 108 valence electrons. The molecule has 0 saturated carbocycles.